The number of rotatable bonds is 49. The molecule has 2 aliphatic heterocycles. The fourth-order valence-electron chi connectivity index (χ4n) is 12.5. The molecule has 107 heavy (non-hydrogen) atoms. The summed E-state index contributed by atoms with van der Waals surface area (Å²) < 4.78 is 39.5. The van der Waals surface area contributed by atoms with E-state index < -0.39 is 149 Å². The predicted molar refractivity (Wildman–Crippen MR) is 389 cm³/mol. The molecule has 2 aromatic carbocycles. The third kappa shape index (κ3) is 30.0. The van der Waals surface area contributed by atoms with Gasteiger partial charge in [-0.05, 0) is 72.6 Å². The molecule has 12 amide bonds. The number of nitrogens with two attached hydrogens (primary N) is 1. The number of aliphatic carboxylic acids is 1. The minimum atomic E-state index is -1.20. The van der Waals surface area contributed by atoms with Crippen molar-refractivity contribution in [3.05, 3.63) is 65.7 Å². The van der Waals surface area contributed by atoms with E-state index in [-0.39, 0.29) is 129 Å². The number of amides is 12. The molecular formula is C74H115N11O22. The van der Waals surface area contributed by atoms with E-state index >= 15 is 0 Å². The van der Waals surface area contributed by atoms with Gasteiger partial charge >= 0.3 is 24.1 Å². The number of imide groups is 1. The summed E-state index contributed by atoms with van der Waals surface area (Å²) in [4.78, 5) is 180. The van der Waals surface area contributed by atoms with Gasteiger partial charge < -0.3 is 90.5 Å². The van der Waals surface area contributed by atoms with Crippen LogP contribution in [0.4, 0.5) is 15.3 Å². The number of hydrogen-bond donors (Lipinski definition) is 8. The number of anilines is 1. The van der Waals surface area contributed by atoms with Gasteiger partial charge in [-0.2, -0.15) is 0 Å². The van der Waals surface area contributed by atoms with Crippen LogP contribution >= 0.6 is 0 Å². The van der Waals surface area contributed by atoms with Crippen LogP contribution in [0.5, 0.6) is 0 Å². The van der Waals surface area contributed by atoms with E-state index in [2.05, 4.69) is 31.9 Å². The number of nitrogens with zero attached hydrogens (tertiary/aromatic N) is 4. The molecule has 0 radical (unpaired) electrons. The molecule has 2 aromatic rings. The first kappa shape index (κ1) is 90.5. The number of hydrogen-bond acceptors (Lipinski definition) is 21. The average Bonchev–Trinajstić information content (AvgIpc) is 1.72. The second-order valence-electron chi connectivity index (χ2n) is 27.7. The molecule has 2 saturated heterocycles. The van der Waals surface area contributed by atoms with E-state index in [0.29, 0.717) is 42.1 Å². The molecule has 2 aliphatic rings. The van der Waals surface area contributed by atoms with Crippen molar-refractivity contribution in [2.75, 3.05) is 99.6 Å². The number of ether oxygens (including phenoxy) is 7. The minimum absolute atomic E-state index is 0.00197. The van der Waals surface area contributed by atoms with Crippen LogP contribution in [0, 0.1) is 29.6 Å². The highest BCUT2D eigenvalue weighted by molar-refractivity contribution is 6.02. The summed E-state index contributed by atoms with van der Waals surface area (Å²) in [6, 6.07) is 7.70. The van der Waals surface area contributed by atoms with Crippen molar-refractivity contribution in [2.24, 2.45) is 35.3 Å². The Morgan fingerprint density at radius 2 is 1.22 bits per heavy atom. The molecule has 0 aromatic heterocycles. The third-order valence-corrected chi connectivity index (χ3v) is 18.7. The molecule has 4 rings (SSSR count). The Kier molecular flexibility index (Phi) is 39.8. The first-order valence-electron chi connectivity index (χ1n) is 36.6. The van der Waals surface area contributed by atoms with Crippen molar-refractivity contribution in [1.82, 2.24) is 46.3 Å². The van der Waals surface area contributed by atoms with Crippen LogP contribution in [-0.4, -0.2) is 251 Å². The van der Waals surface area contributed by atoms with E-state index in [9.17, 15) is 67.4 Å². The number of nitrogens with one attached hydrogen (secondary N) is 6. The van der Waals surface area contributed by atoms with Crippen molar-refractivity contribution in [3.8, 4) is 0 Å². The smallest absolute Gasteiger partial charge is 0.410 e. The maximum Gasteiger partial charge on any atom is 0.410 e. The largest absolute Gasteiger partial charge is 0.480 e. The third-order valence-electron chi connectivity index (χ3n) is 18.7. The fourth-order valence-corrected chi connectivity index (χ4v) is 12.5. The van der Waals surface area contributed by atoms with Crippen LogP contribution in [0.3, 0.4) is 0 Å². The molecule has 2 fully saturated rings. The first-order chi connectivity index (χ1) is 50.8. The quantitative estimate of drug-likeness (QED) is 0.0346. The molecule has 598 valence electrons. The van der Waals surface area contributed by atoms with Crippen LogP contribution in [0.2, 0.25) is 0 Å². The number of carbonyl (C=O) groups is 13. The van der Waals surface area contributed by atoms with Crippen molar-refractivity contribution < 1.29 is 105 Å². The van der Waals surface area contributed by atoms with Gasteiger partial charge in [-0.15, -0.1) is 5.06 Å². The maximum absolute atomic E-state index is 14.8. The van der Waals surface area contributed by atoms with Crippen molar-refractivity contribution in [3.63, 3.8) is 0 Å². The van der Waals surface area contributed by atoms with Crippen LogP contribution in [0.1, 0.15) is 138 Å². The summed E-state index contributed by atoms with van der Waals surface area (Å²) in [5.41, 5.74) is 6.82. The fraction of sp³-hybridized carbons (Fsp3) is 0.662. The van der Waals surface area contributed by atoms with Crippen molar-refractivity contribution >= 4 is 82.9 Å². The Labute approximate surface area is 627 Å². The normalized spacial score (nSPS) is 16.5. The number of carboxylic acids is 1. The number of likely N-dealkylation sites (tertiary alicyclic amines) is 1. The summed E-state index contributed by atoms with van der Waals surface area (Å²) in [5.74, 6) is -9.10. The van der Waals surface area contributed by atoms with Crippen LogP contribution in [0.25, 0.3) is 0 Å². The SMILES string of the molecule is CC[C@H](C)[C@@H]([C@@H](CC(=O)N1CCC[C@H]1[C@H](OC)[C@@H](C)C(=O)N[C@@H](Cc1ccccc1)C(=O)O)OC)N(C)C(=O)[C@@H](NC(=O)[C@H](C(C)C)N(C)C(=O)OCc1ccc(NC(=O)C(CCCNC(N)=O)NC(=O)[C@@H](NC(=O)CCOCCOCCOCCOCCC(=O)ON2C(=O)CCC2=O)C(C)C)cc1)C(C)C. The molecule has 33 heteroatoms. The summed E-state index contributed by atoms with van der Waals surface area (Å²) >= 11 is 0. The summed E-state index contributed by atoms with van der Waals surface area (Å²) in [6.45, 7) is 17.5. The zero-order chi connectivity index (χ0) is 79.4. The highest BCUT2D eigenvalue weighted by Crippen LogP contribution is 2.30. The Morgan fingerprint density at radius 1 is 0.645 bits per heavy atom. The maximum atomic E-state index is 14.8. The summed E-state index contributed by atoms with van der Waals surface area (Å²) in [6.07, 6.45) is -0.753. The Bertz CT molecular complexity index is 3200. The number of carboxylic acid groups (broad SMARTS) is 1. The summed E-state index contributed by atoms with van der Waals surface area (Å²) in [5, 5.41) is 26.8. The molecule has 2 heterocycles. The van der Waals surface area contributed by atoms with Gasteiger partial charge in [0.1, 0.15) is 36.8 Å². The number of urea groups is 1. The second-order valence-corrected chi connectivity index (χ2v) is 27.7. The number of carbonyl (C=O) groups excluding carboxylic acids is 12. The van der Waals surface area contributed by atoms with E-state index in [0.717, 1.165) is 10.5 Å². The summed E-state index contributed by atoms with van der Waals surface area (Å²) in [7, 11) is 5.95. The molecule has 11 atom stereocenters. The standard InChI is InChI=1S/C74H115N11O22/c1-14-48(8)65(56(100-12)43-60(89)84-33-19-23-55(84)66(101-13)49(9)67(91)79-54(72(96)97)42-50-20-16-15-17-21-50)82(10)71(95)63(46(4)5)81-70(94)64(47(6)7)83(11)74(99)106-44-51-24-26-52(27-25-51)77-68(92)53(22-18-32-76-73(75)98)78-69(93)62(45(2)3)80-57(86)30-34-102-36-38-104-40-41-105-39-37-103-35-31-61(90)107-85-58(87)28-29-59(85)88/h15-17,20-21,24-27,45-49,53-56,62-66H,14,18-19,22-23,28-44H2,1-13H3,(H,77,92)(H,78,93)(H,79,91)(H,80,86)(H,81,94)(H,96,97)(H3,75,76,98)/t48-,49+,53?,54-,55-,56+,62-,63-,64-,65-,66+/m0/s1. The zero-order valence-corrected chi connectivity index (χ0v) is 64.2. The lowest BCUT2D eigenvalue weighted by molar-refractivity contribution is -0.198. The van der Waals surface area contributed by atoms with Gasteiger partial charge in [0.05, 0.1) is 95.9 Å². The highest BCUT2D eigenvalue weighted by Gasteiger charge is 2.44. The Morgan fingerprint density at radius 3 is 1.77 bits per heavy atom. The van der Waals surface area contributed by atoms with Gasteiger partial charge in [0.25, 0.3) is 11.8 Å². The number of benzene rings is 2. The average molecular weight is 1510 g/mol. The zero-order valence-electron chi connectivity index (χ0n) is 64.2. The van der Waals surface area contributed by atoms with Gasteiger partial charge in [-0.1, -0.05) is 111 Å². The van der Waals surface area contributed by atoms with E-state index in [4.69, 9.17) is 43.7 Å². The van der Waals surface area contributed by atoms with Gasteiger partial charge in [0.2, 0.25) is 41.4 Å². The van der Waals surface area contributed by atoms with Gasteiger partial charge in [0, 0.05) is 72.8 Å². The predicted octanol–water partition coefficient (Wildman–Crippen LogP) is 3.62. The second kappa shape index (κ2) is 47.0. The molecule has 9 N–H and O–H groups in total. The highest BCUT2D eigenvalue weighted by atomic mass is 16.7. The van der Waals surface area contributed by atoms with Gasteiger partial charge in [-0.3, -0.25) is 48.1 Å². The first-order valence-corrected chi connectivity index (χ1v) is 36.6. The van der Waals surface area contributed by atoms with Crippen molar-refractivity contribution in [1.29, 1.82) is 0 Å². The number of hydroxylamine groups is 2. The van der Waals surface area contributed by atoms with E-state index in [1.165, 1.54) is 26.2 Å². The van der Waals surface area contributed by atoms with Crippen LogP contribution in [0.15, 0.2) is 54.6 Å². The molecule has 33 nitrogen and oxygen atoms in total. The number of methoxy groups -OCH3 is 2. The lowest BCUT2D eigenvalue weighted by atomic mass is 9.89. The van der Waals surface area contributed by atoms with E-state index in [1.54, 1.807) is 109 Å². The Hall–Kier alpha value is -8.89. The molecule has 0 saturated carbocycles. The van der Waals surface area contributed by atoms with Crippen LogP contribution < -0.4 is 37.6 Å². The number of primary amides is 1. The molecular weight excluding hydrogens is 1390 g/mol. The Balaban J connectivity index is 1.28. The van der Waals surface area contributed by atoms with Gasteiger partial charge in [-0.25, -0.2) is 19.2 Å². The monoisotopic (exact) mass is 1510 g/mol. The molecule has 0 aliphatic carbocycles. The lowest BCUT2D eigenvalue weighted by Gasteiger charge is -2.41. The van der Waals surface area contributed by atoms with Crippen LogP contribution in [-0.2, 0) is 104 Å². The van der Waals surface area contributed by atoms with Gasteiger partial charge in [0.15, 0.2) is 0 Å². The lowest BCUT2D eigenvalue weighted by Crippen LogP contribution is -2.60. The molecule has 0 spiro atoms. The number of likely N-dealkylation sites (N-methyl/N-ethyl adjacent to an activating group) is 2. The molecule has 1 unspecified atom stereocenters. The molecule has 0 bridgehead atoms. The van der Waals surface area contributed by atoms with Crippen molar-refractivity contribution in [2.45, 2.75) is 194 Å². The van der Waals surface area contributed by atoms with E-state index in [1.807, 2.05) is 19.9 Å². The minimum Gasteiger partial charge on any atom is -0.480 e. The topological polar surface area (TPSA) is 427 Å².